The van der Waals surface area contributed by atoms with Crippen LogP contribution in [0.3, 0.4) is 0 Å². The number of aromatic nitrogens is 7. The van der Waals surface area contributed by atoms with E-state index in [4.69, 9.17) is 34.3 Å². The van der Waals surface area contributed by atoms with Gasteiger partial charge in [-0.2, -0.15) is 0 Å². The number of fused-ring (bicyclic) bond motifs is 12. The zero-order valence-corrected chi connectivity index (χ0v) is 67.9. The summed E-state index contributed by atoms with van der Waals surface area (Å²) in [6.45, 7) is 0. The third-order valence-corrected chi connectivity index (χ3v) is 24.4. The van der Waals surface area contributed by atoms with Crippen LogP contribution in [0.15, 0.2) is 447 Å². The molecule has 6 aromatic heterocycles. The van der Waals surface area contributed by atoms with Crippen LogP contribution in [0.25, 0.3) is 231 Å². The van der Waals surface area contributed by atoms with Crippen molar-refractivity contribution in [3.8, 4) is 134 Å². The van der Waals surface area contributed by atoms with Crippen molar-refractivity contribution >= 4 is 109 Å². The third-order valence-electron chi connectivity index (χ3n) is 23.3. The first-order valence-corrected chi connectivity index (χ1v) is 42.5. The molecule has 0 aliphatic rings. The molecule has 8 nitrogen and oxygen atoms in total. The van der Waals surface area contributed by atoms with Crippen LogP contribution < -0.4 is 0 Å². The van der Waals surface area contributed by atoms with Gasteiger partial charge in [0.25, 0.3) is 0 Å². The number of hydrogen-bond donors (Lipinski definition) is 0. The lowest BCUT2D eigenvalue weighted by Crippen LogP contribution is -1.95. The summed E-state index contributed by atoms with van der Waals surface area (Å²) >= 11 is 1.74. The highest BCUT2D eigenvalue weighted by atomic mass is 32.1. The molecule has 0 saturated heterocycles. The predicted octanol–water partition coefficient (Wildman–Crippen LogP) is 30.9. The summed E-state index contributed by atoms with van der Waals surface area (Å²) in [5.74, 6) is 1.35. The predicted molar refractivity (Wildman–Crippen MR) is 517 cm³/mol. The molecule has 0 aliphatic carbocycles. The van der Waals surface area contributed by atoms with Crippen molar-refractivity contribution in [1.82, 2.24) is 34.9 Å². The van der Waals surface area contributed by atoms with Crippen LogP contribution in [0.1, 0.15) is 0 Å². The standard InChI is InChI=1S/C39H25N3.C38H24N2O.C38H24N2S/c1-3-13-26(14-4-1)37-32-20-8-10-24-35(32)41-39(42-37)29-18-11-17-28(25-29)30-21-12-22-33-36(30)31-19-7-9-23-34(31)40-38(33)27-15-5-2-6-16-27;2*1-2-10-26(11-3-1)37-32-16-9-15-30(36(32)31-14-4-5-17-33(31)39-37)29-13-8-12-28(24-29)25-20-22-27(23-21-25)38-40-34-18-6-7-19-35(34)41-38/h1-25H;2*1-24H. The van der Waals surface area contributed by atoms with E-state index in [-0.39, 0.29) is 0 Å². The van der Waals surface area contributed by atoms with E-state index >= 15 is 0 Å². The molecule has 0 bridgehead atoms. The normalized spacial score (nSPS) is 11.4. The highest BCUT2D eigenvalue weighted by molar-refractivity contribution is 7.21. The molecule has 124 heavy (non-hydrogen) atoms. The van der Waals surface area contributed by atoms with Gasteiger partial charge >= 0.3 is 0 Å². The topological polar surface area (TPSA) is 103 Å². The Hall–Kier alpha value is -16.3. The van der Waals surface area contributed by atoms with E-state index < -0.39 is 0 Å². The second-order valence-electron chi connectivity index (χ2n) is 30.9. The van der Waals surface area contributed by atoms with E-state index in [0.717, 1.165) is 160 Å². The molecule has 0 N–H and O–H groups in total. The second-order valence-corrected chi connectivity index (χ2v) is 31.9. The van der Waals surface area contributed by atoms with E-state index in [2.05, 4.69) is 387 Å². The first-order chi connectivity index (χ1) is 61.5. The van der Waals surface area contributed by atoms with Crippen molar-refractivity contribution in [2.24, 2.45) is 0 Å². The van der Waals surface area contributed by atoms with Crippen LogP contribution in [-0.2, 0) is 0 Å². The number of hydrogen-bond acceptors (Lipinski definition) is 9. The van der Waals surface area contributed by atoms with Crippen LogP contribution in [0, 0.1) is 0 Å². The Morgan fingerprint density at radius 3 is 0.927 bits per heavy atom. The van der Waals surface area contributed by atoms with Crippen molar-refractivity contribution in [2.45, 2.75) is 0 Å². The smallest absolute Gasteiger partial charge is 0.227 e. The van der Waals surface area contributed by atoms with Gasteiger partial charge in [-0.15, -0.1) is 11.3 Å². The van der Waals surface area contributed by atoms with Gasteiger partial charge in [-0.1, -0.05) is 364 Å². The summed E-state index contributed by atoms with van der Waals surface area (Å²) in [4.78, 5) is 35.0. The summed E-state index contributed by atoms with van der Waals surface area (Å²) < 4.78 is 7.19. The van der Waals surface area contributed by atoms with E-state index in [1.165, 1.54) is 59.6 Å². The Kier molecular flexibility index (Phi) is 19.3. The molecule has 9 heteroatoms. The minimum atomic E-state index is 0.636. The first-order valence-electron chi connectivity index (χ1n) is 41.6. The molecule has 0 fully saturated rings. The highest BCUT2D eigenvalue weighted by Crippen LogP contribution is 2.45. The van der Waals surface area contributed by atoms with Gasteiger partial charge in [-0.3, -0.25) is 0 Å². The summed E-state index contributed by atoms with van der Waals surface area (Å²) in [7, 11) is 0. The molecule has 0 aliphatic heterocycles. The molecule has 0 unspecified atom stereocenters. The number of pyridine rings is 3. The monoisotopic (exact) mass is 1600 g/mol. The van der Waals surface area contributed by atoms with E-state index in [1.54, 1.807) is 11.3 Å². The lowest BCUT2D eigenvalue weighted by molar-refractivity contribution is 0.620. The fraction of sp³-hybridized carbons (Fsp3) is 0. The Balaban J connectivity index is 0.000000111. The number of nitrogens with zero attached hydrogens (tertiary/aromatic N) is 7. The molecular weight excluding hydrogens is 1530 g/mol. The Labute approximate surface area is 719 Å². The summed E-state index contributed by atoms with van der Waals surface area (Å²) in [6, 6.07) is 155. The molecular formula is C115H73N7OS. The van der Waals surface area contributed by atoms with Gasteiger partial charge < -0.3 is 4.42 Å². The van der Waals surface area contributed by atoms with Gasteiger partial charge in [0.2, 0.25) is 5.89 Å². The third kappa shape index (κ3) is 14.2. The van der Waals surface area contributed by atoms with Gasteiger partial charge in [-0.25, -0.2) is 34.9 Å². The average Bonchev–Trinajstić information content (AvgIpc) is 0.801. The molecule has 0 radical (unpaired) electrons. The minimum Gasteiger partial charge on any atom is -0.436 e. The van der Waals surface area contributed by atoms with E-state index in [9.17, 15) is 0 Å². The first kappa shape index (κ1) is 74.0. The molecule has 0 amide bonds. The van der Waals surface area contributed by atoms with E-state index in [0.29, 0.717) is 11.7 Å². The lowest BCUT2D eigenvalue weighted by atomic mass is 9.91. The van der Waals surface area contributed by atoms with Crippen molar-refractivity contribution in [3.63, 3.8) is 0 Å². The number of thiazole rings is 1. The molecule has 24 rings (SSSR count). The average molecular weight is 1600 g/mol. The molecule has 6 heterocycles. The zero-order chi connectivity index (χ0) is 82.2. The van der Waals surface area contributed by atoms with Crippen molar-refractivity contribution in [3.05, 3.63) is 443 Å². The quantitative estimate of drug-likeness (QED) is 0.111. The molecule has 580 valence electrons. The maximum absolute atomic E-state index is 5.98. The van der Waals surface area contributed by atoms with Crippen LogP contribution in [0.4, 0.5) is 0 Å². The SMILES string of the molecule is c1ccc(-c2nc(-c3cccc(-c4cccc5c(-c6ccccc6)nc6ccccc6c45)c3)nc3ccccc23)cc1.c1ccc(-c2nc3ccccc3c3c(-c4cccc(-c5ccc(-c6nc7ccccc7o6)cc5)c4)cccc23)cc1.c1ccc(-c2nc3ccccc3c3c(-c4cccc(-c5ccc(-c6nc7ccccc7s6)cc5)c4)cccc23)cc1. The Morgan fingerprint density at radius 2 is 0.492 bits per heavy atom. The summed E-state index contributed by atoms with van der Waals surface area (Å²) in [5.41, 5.74) is 29.9. The molecule has 0 spiro atoms. The van der Waals surface area contributed by atoms with Crippen molar-refractivity contribution < 1.29 is 4.42 Å². The number of para-hydroxylation sites is 7. The Morgan fingerprint density at radius 1 is 0.177 bits per heavy atom. The van der Waals surface area contributed by atoms with Crippen LogP contribution in [0.5, 0.6) is 0 Å². The van der Waals surface area contributed by atoms with Gasteiger partial charge in [0.05, 0.1) is 55.1 Å². The second kappa shape index (κ2) is 32.4. The molecule has 18 aromatic carbocycles. The molecule has 24 aromatic rings. The maximum atomic E-state index is 5.98. The molecule has 0 saturated carbocycles. The van der Waals surface area contributed by atoms with Crippen LogP contribution in [0.2, 0.25) is 0 Å². The van der Waals surface area contributed by atoms with Crippen LogP contribution >= 0.6 is 11.3 Å². The Bertz CT molecular complexity index is 7780. The fourth-order valence-corrected chi connectivity index (χ4v) is 18.3. The van der Waals surface area contributed by atoms with Crippen molar-refractivity contribution in [1.29, 1.82) is 0 Å². The van der Waals surface area contributed by atoms with E-state index in [1.807, 2.05) is 60.7 Å². The summed E-state index contributed by atoms with van der Waals surface area (Å²) in [5, 5.41) is 12.7. The summed E-state index contributed by atoms with van der Waals surface area (Å²) in [6.07, 6.45) is 0. The zero-order valence-electron chi connectivity index (χ0n) is 67.1. The lowest BCUT2D eigenvalue weighted by Gasteiger charge is -2.15. The van der Waals surface area contributed by atoms with Gasteiger partial charge in [0.1, 0.15) is 10.5 Å². The maximum Gasteiger partial charge on any atom is 0.227 e. The van der Waals surface area contributed by atoms with Gasteiger partial charge in [0.15, 0.2) is 11.4 Å². The fourth-order valence-electron chi connectivity index (χ4n) is 17.4. The number of benzene rings is 18. The van der Waals surface area contributed by atoms with Gasteiger partial charge in [0, 0.05) is 92.8 Å². The van der Waals surface area contributed by atoms with Crippen LogP contribution in [-0.4, -0.2) is 34.9 Å². The highest BCUT2D eigenvalue weighted by Gasteiger charge is 2.22. The number of oxazole rings is 1. The minimum absolute atomic E-state index is 0.636. The van der Waals surface area contributed by atoms with Gasteiger partial charge in [-0.05, 0) is 134 Å². The number of rotatable bonds is 12. The van der Waals surface area contributed by atoms with Crippen molar-refractivity contribution in [2.75, 3.05) is 0 Å². The largest absolute Gasteiger partial charge is 0.436 e. The molecule has 0 atom stereocenters.